The van der Waals surface area contributed by atoms with E-state index in [1.54, 1.807) is 16.4 Å². The van der Waals surface area contributed by atoms with Crippen molar-refractivity contribution >= 4 is 17.4 Å². The van der Waals surface area contributed by atoms with Crippen molar-refractivity contribution in [2.45, 2.75) is 16.7 Å². The molecule has 0 radical (unpaired) electrons. The van der Waals surface area contributed by atoms with Gasteiger partial charge in [0.2, 0.25) is 0 Å². The summed E-state index contributed by atoms with van der Waals surface area (Å²) < 4.78 is 1.80. The predicted molar refractivity (Wildman–Crippen MR) is 62.9 cm³/mol. The van der Waals surface area contributed by atoms with Gasteiger partial charge in [-0.3, -0.25) is 4.68 Å². The van der Waals surface area contributed by atoms with Crippen LogP contribution in [0.5, 0.6) is 0 Å². The lowest BCUT2D eigenvalue weighted by Gasteiger charge is -2.02. The summed E-state index contributed by atoms with van der Waals surface area (Å²) >= 11 is 1.69. The molecule has 0 saturated carbocycles. The molecule has 4 heteroatoms. The standard InChI is InChI=1S/C11H13N3S/c1-8-5-9(3-4-11(8)12)15-10-6-13-14(2)7-10/h3-7H,12H2,1-2H3. The zero-order chi connectivity index (χ0) is 10.8. The number of benzene rings is 1. The molecule has 0 aliphatic heterocycles. The van der Waals surface area contributed by atoms with E-state index >= 15 is 0 Å². The first-order chi connectivity index (χ1) is 7.15. The Kier molecular flexibility index (Phi) is 2.68. The van der Waals surface area contributed by atoms with Crippen LogP contribution in [0, 0.1) is 6.92 Å². The molecule has 1 aromatic heterocycles. The third-order valence-electron chi connectivity index (χ3n) is 2.16. The van der Waals surface area contributed by atoms with Crippen molar-refractivity contribution in [1.29, 1.82) is 0 Å². The van der Waals surface area contributed by atoms with Crippen molar-refractivity contribution < 1.29 is 0 Å². The number of aromatic nitrogens is 2. The number of nitrogens with two attached hydrogens (primary N) is 1. The normalized spacial score (nSPS) is 10.5. The molecule has 0 fully saturated rings. The zero-order valence-corrected chi connectivity index (χ0v) is 9.58. The molecule has 0 saturated heterocycles. The Hall–Kier alpha value is -1.42. The van der Waals surface area contributed by atoms with Crippen molar-refractivity contribution in [3.05, 3.63) is 36.2 Å². The summed E-state index contributed by atoms with van der Waals surface area (Å²) in [5.74, 6) is 0. The largest absolute Gasteiger partial charge is 0.399 e. The smallest absolute Gasteiger partial charge is 0.0629 e. The molecule has 78 valence electrons. The van der Waals surface area contributed by atoms with E-state index in [2.05, 4.69) is 11.2 Å². The molecule has 0 atom stereocenters. The number of rotatable bonds is 2. The van der Waals surface area contributed by atoms with Crippen LogP contribution in [-0.4, -0.2) is 9.78 Å². The molecular weight excluding hydrogens is 206 g/mol. The molecule has 0 unspecified atom stereocenters. The van der Waals surface area contributed by atoms with E-state index in [4.69, 9.17) is 5.73 Å². The van der Waals surface area contributed by atoms with Crippen LogP contribution in [0.1, 0.15) is 5.56 Å². The van der Waals surface area contributed by atoms with Crippen LogP contribution in [0.4, 0.5) is 5.69 Å². The highest BCUT2D eigenvalue weighted by Crippen LogP contribution is 2.28. The number of hydrogen-bond donors (Lipinski definition) is 1. The van der Waals surface area contributed by atoms with Gasteiger partial charge in [0.25, 0.3) is 0 Å². The quantitative estimate of drug-likeness (QED) is 0.789. The van der Waals surface area contributed by atoms with Gasteiger partial charge in [0.15, 0.2) is 0 Å². The van der Waals surface area contributed by atoms with E-state index in [1.807, 2.05) is 38.5 Å². The van der Waals surface area contributed by atoms with Gasteiger partial charge in [-0.25, -0.2) is 0 Å². The molecule has 2 aromatic rings. The minimum Gasteiger partial charge on any atom is -0.399 e. The second kappa shape index (κ2) is 3.98. The number of aryl methyl sites for hydroxylation is 2. The van der Waals surface area contributed by atoms with Crippen molar-refractivity contribution in [1.82, 2.24) is 9.78 Å². The Morgan fingerprint density at radius 2 is 2.13 bits per heavy atom. The van der Waals surface area contributed by atoms with Gasteiger partial charge in [0.1, 0.15) is 0 Å². The summed E-state index contributed by atoms with van der Waals surface area (Å²) in [5.41, 5.74) is 7.71. The fourth-order valence-electron chi connectivity index (χ4n) is 1.30. The Morgan fingerprint density at radius 1 is 1.33 bits per heavy atom. The summed E-state index contributed by atoms with van der Waals surface area (Å²) in [4.78, 5) is 2.33. The molecule has 15 heavy (non-hydrogen) atoms. The van der Waals surface area contributed by atoms with Crippen molar-refractivity contribution in [3.8, 4) is 0 Å². The van der Waals surface area contributed by atoms with E-state index in [1.165, 1.54) is 4.90 Å². The highest BCUT2D eigenvalue weighted by atomic mass is 32.2. The molecule has 1 heterocycles. The number of anilines is 1. The zero-order valence-electron chi connectivity index (χ0n) is 8.77. The molecule has 0 bridgehead atoms. The van der Waals surface area contributed by atoms with Gasteiger partial charge < -0.3 is 5.73 Å². The fraction of sp³-hybridized carbons (Fsp3) is 0.182. The van der Waals surface area contributed by atoms with Crippen LogP contribution in [0.15, 0.2) is 40.4 Å². The average molecular weight is 219 g/mol. The minimum atomic E-state index is 0.838. The average Bonchev–Trinajstić information content (AvgIpc) is 2.58. The van der Waals surface area contributed by atoms with Gasteiger partial charge in [0, 0.05) is 23.8 Å². The highest BCUT2D eigenvalue weighted by Gasteiger charge is 2.01. The van der Waals surface area contributed by atoms with Gasteiger partial charge in [-0.1, -0.05) is 11.8 Å². The van der Waals surface area contributed by atoms with E-state index in [0.717, 1.165) is 16.1 Å². The molecular formula is C11H13N3S. The number of hydrogen-bond acceptors (Lipinski definition) is 3. The lowest BCUT2D eigenvalue weighted by atomic mass is 10.2. The lowest BCUT2D eigenvalue weighted by Crippen LogP contribution is -1.88. The van der Waals surface area contributed by atoms with E-state index in [-0.39, 0.29) is 0 Å². The topological polar surface area (TPSA) is 43.8 Å². The van der Waals surface area contributed by atoms with Crippen LogP contribution in [-0.2, 0) is 7.05 Å². The highest BCUT2D eigenvalue weighted by molar-refractivity contribution is 7.99. The van der Waals surface area contributed by atoms with Crippen LogP contribution in [0.25, 0.3) is 0 Å². The van der Waals surface area contributed by atoms with Crippen molar-refractivity contribution in [2.75, 3.05) is 5.73 Å². The Labute approximate surface area is 93.3 Å². The second-order valence-electron chi connectivity index (χ2n) is 3.47. The van der Waals surface area contributed by atoms with E-state index < -0.39 is 0 Å². The van der Waals surface area contributed by atoms with Gasteiger partial charge in [-0.15, -0.1) is 0 Å². The maximum absolute atomic E-state index is 5.76. The van der Waals surface area contributed by atoms with Gasteiger partial charge in [-0.05, 0) is 30.7 Å². The van der Waals surface area contributed by atoms with Crippen LogP contribution < -0.4 is 5.73 Å². The third kappa shape index (κ3) is 2.33. The van der Waals surface area contributed by atoms with Crippen LogP contribution in [0.3, 0.4) is 0 Å². The lowest BCUT2D eigenvalue weighted by molar-refractivity contribution is 0.766. The summed E-state index contributed by atoms with van der Waals surface area (Å²) in [6, 6.07) is 6.06. The third-order valence-corrected chi connectivity index (χ3v) is 3.09. The van der Waals surface area contributed by atoms with E-state index in [0.29, 0.717) is 0 Å². The number of nitrogens with zero attached hydrogens (tertiary/aromatic N) is 2. The first kappa shape index (κ1) is 10.1. The maximum atomic E-state index is 5.76. The maximum Gasteiger partial charge on any atom is 0.0629 e. The fourth-order valence-corrected chi connectivity index (χ4v) is 2.25. The Balaban J connectivity index is 2.21. The summed E-state index contributed by atoms with van der Waals surface area (Å²) in [6.45, 7) is 2.02. The molecule has 0 amide bonds. The molecule has 0 spiro atoms. The molecule has 2 N–H and O–H groups in total. The molecule has 1 aromatic carbocycles. The minimum absolute atomic E-state index is 0.838. The number of nitrogen functional groups attached to an aromatic ring is 1. The molecule has 0 aliphatic rings. The SMILES string of the molecule is Cc1cc(Sc2cnn(C)c2)ccc1N. The summed E-state index contributed by atoms with van der Waals surface area (Å²) in [7, 11) is 1.91. The molecule has 2 rings (SSSR count). The summed E-state index contributed by atoms with van der Waals surface area (Å²) in [6.07, 6.45) is 3.85. The molecule has 0 aliphatic carbocycles. The monoisotopic (exact) mass is 219 g/mol. The van der Waals surface area contributed by atoms with Crippen LogP contribution >= 0.6 is 11.8 Å². The van der Waals surface area contributed by atoms with Gasteiger partial charge >= 0.3 is 0 Å². The Bertz CT molecular complexity index is 476. The summed E-state index contributed by atoms with van der Waals surface area (Å²) in [5, 5.41) is 4.12. The first-order valence-electron chi connectivity index (χ1n) is 4.68. The van der Waals surface area contributed by atoms with Crippen molar-refractivity contribution in [2.24, 2.45) is 7.05 Å². The molecule has 3 nitrogen and oxygen atoms in total. The van der Waals surface area contributed by atoms with Crippen molar-refractivity contribution in [3.63, 3.8) is 0 Å². The van der Waals surface area contributed by atoms with Gasteiger partial charge in [-0.2, -0.15) is 5.10 Å². The van der Waals surface area contributed by atoms with Crippen LogP contribution in [0.2, 0.25) is 0 Å². The Morgan fingerprint density at radius 3 is 2.73 bits per heavy atom. The second-order valence-corrected chi connectivity index (χ2v) is 4.62. The first-order valence-corrected chi connectivity index (χ1v) is 5.49. The predicted octanol–water partition coefficient (Wildman–Crippen LogP) is 2.46. The van der Waals surface area contributed by atoms with E-state index in [9.17, 15) is 0 Å². The van der Waals surface area contributed by atoms with Gasteiger partial charge in [0.05, 0.1) is 11.1 Å².